The molecule has 106 valence electrons. The number of rotatable bonds is 2. The maximum atomic E-state index is 4.08. The molecule has 0 atom stereocenters. The van der Waals surface area contributed by atoms with Gasteiger partial charge in [0.2, 0.25) is 0 Å². The molecule has 0 saturated carbocycles. The van der Waals surface area contributed by atoms with E-state index in [1.807, 2.05) is 0 Å². The minimum Gasteiger partial charge on any atom is -0.0955 e. The average Bonchev–Trinajstić information content (AvgIpc) is 2.51. The molecule has 0 amide bonds. The standard InChI is InChI=1S/C22H18/c1-13(2)19-9-15-5-7-17-11-20(14(3)4)12-18-8-6-16(10-19)21(15)22(17)18/h5-12H,1,3H2,2,4H3. The van der Waals surface area contributed by atoms with Gasteiger partial charge in [-0.3, -0.25) is 0 Å². The van der Waals surface area contributed by atoms with Gasteiger partial charge in [-0.05, 0) is 81.6 Å². The summed E-state index contributed by atoms with van der Waals surface area (Å²) in [4.78, 5) is 0. The average molecular weight is 282 g/mol. The van der Waals surface area contributed by atoms with Crippen molar-refractivity contribution in [3.63, 3.8) is 0 Å². The highest BCUT2D eigenvalue weighted by Gasteiger charge is 2.10. The first-order valence-electron chi connectivity index (χ1n) is 7.59. The summed E-state index contributed by atoms with van der Waals surface area (Å²) in [6, 6.07) is 17.9. The molecule has 0 bridgehead atoms. The second-order valence-electron chi connectivity index (χ2n) is 6.29. The second-order valence-corrected chi connectivity index (χ2v) is 6.29. The van der Waals surface area contributed by atoms with Crippen molar-refractivity contribution >= 4 is 43.5 Å². The van der Waals surface area contributed by atoms with Gasteiger partial charge in [-0.1, -0.05) is 48.6 Å². The Bertz CT molecular complexity index is 910. The summed E-state index contributed by atoms with van der Waals surface area (Å²) in [5.74, 6) is 0. The number of hydrogen-bond donors (Lipinski definition) is 0. The Morgan fingerprint density at radius 3 is 1.09 bits per heavy atom. The minimum atomic E-state index is 1.11. The van der Waals surface area contributed by atoms with E-state index in [9.17, 15) is 0 Å². The first kappa shape index (κ1) is 13.1. The van der Waals surface area contributed by atoms with Crippen LogP contribution in [0, 0.1) is 0 Å². The van der Waals surface area contributed by atoms with Gasteiger partial charge in [0.25, 0.3) is 0 Å². The van der Waals surface area contributed by atoms with E-state index >= 15 is 0 Å². The van der Waals surface area contributed by atoms with Crippen LogP contribution < -0.4 is 0 Å². The van der Waals surface area contributed by atoms with Crippen molar-refractivity contribution in [2.24, 2.45) is 0 Å². The Kier molecular flexibility index (Phi) is 2.65. The summed E-state index contributed by atoms with van der Waals surface area (Å²) in [5.41, 5.74) is 4.65. The number of benzene rings is 4. The molecule has 0 spiro atoms. The van der Waals surface area contributed by atoms with Crippen LogP contribution >= 0.6 is 0 Å². The van der Waals surface area contributed by atoms with E-state index in [0.29, 0.717) is 0 Å². The fraction of sp³-hybridized carbons (Fsp3) is 0.0909. The van der Waals surface area contributed by atoms with Crippen LogP contribution in [0.4, 0.5) is 0 Å². The van der Waals surface area contributed by atoms with E-state index in [-0.39, 0.29) is 0 Å². The zero-order valence-corrected chi connectivity index (χ0v) is 13.0. The van der Waals surface area contributed by atoms with Crippen LogP contribution in [0.2, 0.25) is 0 Å². The quantitative estimate of drug-likeness (QED) is 0.361. The van der Waals surface area contributed by atoms with Crippen LogP contribution in [-0.2, 0) is 0 Å². The van der Waals surface area contributed by atoms with Crippen molar-refractivity contribution < 1.29 is 0 Å². The highest BCUT2D eigenvalue weighted by atomic mass is 14.1. The minimum absolute atomic E-state index is 1.11. The van der Waals surface area contributed by atoms with Gasteiger partial charge in [-0.15, -0.1) is 0 Å². The molecule has 22 heavy (non-hydrogen) atoms. The Morgan fingerprint density at radius 1 is 0.591 bits per heavy atom. The van der Waals surface area contributed by atoms with E-state index < -0.39 is 0 Å². The van der Waals surface area contributed by atoms with E-state index in [0.717, 1.165) is 11.1 Å². The van der Waals surface area contributed by atoms with Crippen molar-refractivity contribution in [2.75, 3.05) is 0 Å². The summed E-state index contributed by atoms with van der Waals surface area (Å²) < 4.78 is 0. The summed E-state index contributed by atoms with van der Waals surface area (Å²) in [6.45, 7) is 12.3. The molecule has 0 saturated heterocycles. The molecule has 0 aliphatic carbocycles. The van der Waals surface area contributed by atoms with E-state index in [1.165, 1.54) is 43.4 Å². The molecule has 0 aliphatic rings. The van der Waals surface area contributed by atoms with Crippen molar-refractivity contribution in [3.05, 3.63) is 72.8 Å². The van der Waals surface area contributed by atoms with Gasteiger partial charge in [0, 0.05) is 0 Å². The molecule has 4 aromatic rings. The lowest BCUT2D eigenvalue weighted by Gasteiger charge is -2.14. The third-order valence-electron chi connectivity index (χ3n) is 4.52. The largest absolute Gasteiger partial charge is 0.0955 e. The van der Waals surface area contributed by atoms with Crippen LogP contribution in [0.5, 0.6) is 0 Å². The molecule has 0 aromatic heterocycles. The Balaban J connectivity index is 2.21. The summed E-state index contributed by atoms with van der Waals surface area (Å²) in [6.07, 6.45) is 0. The lowest BCUT2D eigenvalue weighted by Crippen LogP contribution is -1.88. The third kappa shape index (κ3) is 1.77. The van der Waals surface area contributed by atoms with Crippen molar-refractivity contribution in [3.8, 4) is 0 Å². The van der Waals surface area contributed by atoms with Gasteiger partial charge >= 0.3 is 0 Å². The maximum Gasteiger partial charge on any atom is -0.00264 e. The SMILES string of the molecule is C=C(C)c1cc2ccc3cc(C(=C)C)cc4ccc(c1)c2c34. The van der Waals surface area contributed by atoms with Crippen molar-refractivity contribution in [2.45, 2.75) is 13.8 Å². The molecule has 4 aromatic carbocycles. The molecule has 0 nitrogen and oxygen atoms in total. The van der Waals surface area contributed by atoms with E-state index in [2.05, 4.69) is 75.5 Å². The highest BCUT2D eigenvalue weighted by Crippen LogP contribution is 2.37. The monoisotopic (exact) mass is 282 g/mol. The van der Waals surface area contributed by atoms with Gasteiger partial charge in [-0.2, -0.15) is 0 Å². The molecule has 4 rings (SSSR count). The normalized spacial score (nSPS) is 11.5. The second kappa shape index (κ2) is 4.45. The molecular weight excluding hydrogens is 264 g/mol. The molecule has 0 aliphatic heterocycles. The predicted molar refractivity (Wildman–Crippen MR) is 99.6 cm³/mol. The van der Waals surface area contributed by atoms with Crippen LogP contribution in [0.3, 0.4) is 0 Å². The molecular formula is C22H18. The van der Waals surface area contributed by atoms with Gasteiger partial charge in [0.15, 0.2) is 0 Å². The van der Waals surface area contributed by atoms with E-state index in [1.54, 1.807) is 0 Å². The lowest BCUT2D eigenvalue weighted by atomic mass is 9.90. The molecule has 0 fully saturated rings. The molecule has 0 heterocycles. The smallest absolute Gasteiger partial charge is 0.00264 e. The van der Waals surface area contributed by atoms with Crippen molar-refractivity contribution in [1.29, 1.82) is 0 Å². The van der Waals surface area contributed by atoms with Crippen LogP contribution in [0.15, 0.2) is 61.7 Å². The zero-order valence-electron chi connectivity index (χ0n) is 13.0. The molecule has 0 heteroatoms. The zero-order chi connectivity index (χ0) is 15.4. The van der Waals surface area contributed by atoms with Gasteiger partial charge in [-0.25, -0.2) is 0 Å². The lowest BCUT2D eigenvalue weighted by molar-refractivity contribution is 1.63. The number of allylic oxidation sites excluding steroid dienone is 2. The Labute approximate surface area is 130 Å². The first-order valence-corrected chi connectivity index (χ1v) is 7.59. The predicted octanol–water partition coefficient (Wildman–Crippen LogP) is 6.65. The maximum absolute atomic E-state index is 4.08. The molecule has 0 radical (unpaired) electrons. The fourth-order valence-electron chi connectivity index (χ4n) is 3.33. The number of hydrogen-bond acceptors (Lipinski definition) is 0. The molecule has 0 N–H and O–H groups in total. The van der Waals surface area contributed by atoms with Crippen LogP contribution in [-0.4, -0.2) is 0 Å². The fourth-order valence-corrected chi connectivity index (χ4v) is 3.33. The van der Waals surface area contributed by atoms with Crippen LogP contribution in [0.25, 0.3) is 43.5 Å². The first-order chi connectivity index (χ1) is 10.5. The summed E-state index contributed by atoms with van der Waals surface area (Å²) in [5, 5.41) is 7.86. The Hall–Kier alpha value is -2.60. The Morgan fingerprint density at radius 2 is 0.864 bits per heavy atom. The highest BCUT2D eigenvalue weighted by molar-refractivity contribution is 6.23. The summed E-state index contributed by atoms with van der Waals surface area (Å²) >= 11 is 0. The van der Waals surface area contributed by atoms with Gasteiger partial charge in [0.05, 0.1) is 0 Å². The van der Waals surface area contributed by atoms with Crippen LogP contribution in [0.1, 0.15) is 25.0 Å². The van der Waals surface area contributed by atoms with Gasteiger partial charge < -0.3 is 0 Å². The molecule has 0 unspecified atom stereocenters. The third-order valence-corrected chi connectivity index (χ3v) is 4.52. The summed E-state index contributed by atoms with van der Waals surface area (Å²) in [7, 11) is 0. The van der Waals surface area contributed by atoms with Gasteiger partial charge in [0.1, 0.15) is 0 Å². The topological polar surface area (TPSA) is 0 Å². The van der Waals surface area contributed by atoms with Crippen molar-refractivity contribution in [1.82, 2.24) is 0 Å². The van der Waals surface area contributed by atoms with E-state index in [4.69, 9.17) is 0 Å².